The molecule has 3 atom stereocenters. The van der Waals surface area contributed by atoms with Gasteiger partial charge in [-0.1, -0.05) is 72.6 Å². The van der Waals surface area contributed by atoms with E-state index in [1.165, 1.54) is 28.1 Å². The van der Waals surface area contributed by atoms with E-state index in [4.69, 9.17) is 39.5 Å². The van der Waals surface area contributed by atoms with Crippen LogP contribution in [0.2, 0.25) is 15.1 Å². The highest BCUT2D eigenvalue weighted by molar-refractivity contribution is 7.89. The van der Waals surface area contributed by atoms with Gasteiger partial charge in [-0.15, -0.1) is 0 Å². The monoisotopic (exact) mass is 671 g/mol. The van der Waals surface area contributed by atoms with Crippen molar-refractivity contribution in [3.8, 4) is 0 Å². The van der Waals surface area contributed by atoms with Gasteiger partial charge in [-0.2, -0.15) is 4.31 Å². The van der Waals surface area contributed by atoms with E-state index in [1.54, 1.807) is 7.05 Å². The summed E-state index contributed by atoms with van der Waals surface area (Å²) in [4.78, 5) is 15.1. The van der Waals surface area contributed by atoms with Gasteiger partial charge >= 0.3 is 0 Å². The summed E-state index contributed by atoms with van der Waals surface area (Å²) >= 11 is 18.2. The van der Waals surface area contributed by atoms with Gasteiger partial charge in [0, 0.05) is 24.7 Å². The summed E-state index contributed by atoms with van der Waals surface area (Å²) < 4.78 is 34.0. The van der Waals surface area contributed by atoms with Crippen molar-refractivity contribution in [3.63, 3.8) is 0 Å². The number of halogens is 3. The van der Waals surface area contributed by atoms with Crippen molar-refractivity contribution < 1.29 is 17.9 Å². The summed E-state index contributed by atoms with van der Waals surface area (Å²) in [5, 5.41) is 4.27. The fourth-order valence-electron chi connectivity index (χ4n) is 6.76. The van der Waals surface area contributed by atoms with Crippen molar-refractivity contribution in [2.24, 2.45) is 11.8 Å². The van der Waals surface area contributed by atoms with Crippen LogP contribution >= 0.6 is 34.8 Å². The molecule has 238 valence electrons. The number of amides is 1. The van der Waals surface area contributed by atoms with Crippen LogP contribution in [0.5, 0.6) is 0 Å². The van der Waals surface area contributed by atoms with Gasteiger partial charge in [-0.3, -0.25) is 4.79 Å². The quantitative estimate of drug-likeness (QED) is 0.258. The van der Waals surface area contributed by atoms with Gasteiger partial charge in [-0.05, 0) is 93.9 Å². The molecule has 2 aliphatic carbocycles. The molecule has 0 saturated heterocycles. The molecular weight excluding hydrogens is 629 g/mol. The number of benzene rings is 2. The number of rotatable bonds is 12. The molecule has 1 N–H and O–H groups in total. The molecule has 11 heteroatoms. The Morgan fingerprint density at radius 3 is 2.26 bits per heavy atom. The van der Waals surface area contributed by atoms with Crippen LogP contribution in [0.1, 0.15) is 69.4 Å². The molecule has 0 heterocycles. The van der Waals surface area contributed by atoms with Gasteiger partial charge in [-0.25, -0.2) is 8.42 Å². The van der Waals surface area contributed by atoms with Crippen LogP contribution in [-0.2, 0) is 19.6 Å². The van der Waals surface area contributed by atoms with Crippen LogP contribution < -0.4 is 5.32 Å². The lowest BCUT2D eigenvalue weighted by Crippen LogP contribution is -2.48. The van der Waals surface area contributed by atoms with Crippen LogP contribution in [0.15, 0.2) is 47.4 Å². The van der Waals surface area contributed by atoms with Crippen molar-refractivity contribution in [1.82, 2.24) is 14.5 Å². The summed E-state index contributed by atoms with van der Waals surface area (Å²) in [6.07, 6.45) is 8.41. The molecule has 43 heavy (non-hydrogen) atoms. The van der Waals surface area contributed by atoms with E-state index in [2.05, 4.69) is 36.4 Å². The lowest BCUT2D eigenvalue weighted by molar-refractivity contribution is -0.129. The maximum atomic E-state index is 13.3. The molecule has 7 nitrogen and oxygen atoms in total. The first-order chi connectivity index (χ1) is 20.5. The molecule has 0 aromatic heterocycles. The summed E-state index contributed by atoms with van der Waals surface area (Å²) in [7, 11) is 2.05. The Labute approximate surface area is 272 Å². The highest BCUT2D eigenvalue weighted by Gasteiger charge is 2.36. The van der Waals surface area contributed by atoms with E-state index >= 15 is 0 Å². The number of ether oxygens (including phenoxy) is 1. The summed E-state index contributed by atoms with van der Waals surface area (Å²) in [6, 6.07) is 12.5. The molecule has 1 amide bonds. The Balaban J connectivity index is 1.22. The molecule has 2 fully saturated rings. The third-order valence-electron chi connectivity index (χ3n) is 9.11. The smallest absolute Gasteiger partial charge is 0.246 e. The number of nitrogens with one attached hydrogen (secondary N) is 1. The Morgan fingerprint density at radius 1 is 0.930 bits per heavy atom. The molecular formula is C32H44Cl3N3O4S. The maximum Gasteiger partial charge on any atom is 0.246 e. The summed E-state index contributed by atoms with van der Waals surface area (Å²) in [5.41, 5.74) is 1.31. The zero-order chi connectivity index (χ0) is 31.1. The number of sulfonamides is 1. The zero-order valence-electron chi connectivity index (χ0n) is 25.3. The normalized spacial score (nSPS) is 23.8. The first-order valence-corrected chi connectivity index (χ1v) is 17.8. The summed E-state index contributed by atoms with van der Waals surface area (Å²) in [6.45, 7) is 0.533. The van der Waals surface area contributed by atoms with Crippen molar-refractivity contribution in [1.29, 1.82) is 0 Å². The molecule has 2 aromatic carbocycles. The highest BCUT2D eigenvalue weighted by atomic mass is 35.5. The molecule has 0 spiro atoms. The number of nitrogens with zero attached hydrogens (tertiary/aromatic N) is 2. The number of carbonyl (C=O) groups excluding carboxylic acids is 1. The largest absolute Gasteiger partial charge is 0.367 e. The Bertz CT molecular complexity index is 1320. The predicted molar refractivity (Wildman–Crippen MR) is 174 cm³/mol. The standard InChI is InChI=1S/C32H44Cl3N3O4S/c1-37(2)32(24-12-14-25(33)15-13-24)23-10-8-22(9-11-23)18-19-36-31(39)21-42-30-7-5-4-6-29(30)38(3)43(40,41)26-16-17-27(34)28(35)20-26/h12-17,20,22-23,29-30,32H,4-11,18-19,21H2,1-3H3,(H,36,39). The van der Waals surface area contributed by atoms with Crippen LogP contribution in [-0.4, -0.2) is 70.0 Å². The van der Waals surface area contributed by atoms with Gasteiger partial charge in [0.05, 0.1) is 27.1 Å². The van der Waals surface area contributed by atoms with E-state index in [0.717, 1.165) is 50.0 Å². The highest BCUT2D eigenvalue weighted by Crippen LogP contribution is 2.40. The number of likely N-dealkylation sites (N-methyl/N-ethyl adjacent to an activating group) is 1. The molecule has 2 aromatic rings. The average Bonchev–Trinajstić information content (AvgIpc) is 2.99. The predicted octanol–water partition coefficient (Wildman–Crippen LogP) is 7.21. The van der Waals surface area contributed by atoms with Crippen molar-refractivity contribution in [2.45, 2.75) is 80.9 Å². The second-order valence-electron chi connectivity index (χ2n) is 12.2. The first-order valence-electron chi connectivity index (χ1n) is 15.2. The second-order valence-corrected chi connectivity index (χ2v) is 15.4. The van der Waals surface area contributed by atoms with E-state index < -0.39 is 10.0 Å². The van der Waals surface area contributed by atoms with Gasteiger partial charge in [0.25, 0.3) is 0 Å². The second kappa shape index (κ2) is 15.7. The van der Waals surface area contributed by atoms with Gasteiger partial charge in [0.15, 0.2) is 0 Å². The van der Waals surface area contributed by atoms with Crippen molar-refractivity contribution in [2.75, 3.05) is 34.3 Å². The third kappa shape index (κ3) is 9.09. The molecule has 3 unspecified atom stereocenters. The maximum absolute atomic E-state index is 13.3. The lowest BCUT2D eigenvalue weighted by atomic mass is 9.75. The first kappa shape index (κ1) is 34.5. The van der Waals surface area contributed by atoms with Crippen LogP contribution in [0.25, 0.3) is 0 Å². The minimum Gasteiger partial charge on any atom is -0.367 e. The van der Waals surface area contributed by atoms with E-state index in [0.29, 0.717) is 42.3 Å². The molecule has 2 aliphatic rings. The number of hydrogen-bond acceptors (Lipinski definition) is 5. The number of carbonyl (C=O) groups is 1. The summed E-state index contributed by atoms with van der Waals surface area (Å²) in [5.74, 6) is 1.02. The zero-order valence-corrected chi connectivity index (χ0v) is 28.4. The molecule has 0 radical (unpaired) electrons. The van der Waals surface area contributed by atoms with Gasteiger partial charge in [0.1, 0.15) is 6.61 Å². The molecule has 0 bridgehead atoms. The number of hydrogen-bond donors (Lipinski definition) is 1. The fourth-order valence-corrected chi connectivity index (χ4v) is 8.69. The average molecular weight is 673 g/mol. The minimum absolute atomic E-state index is 0.0832. The van der Waals surface area contributed by atoms with E-state index in [1.807, 2.05) is 12.1 Å². The SMILES string of the molecule is CN(C)C(c1ccc(Cl)cc1)C1CCC(CCNC(=O)COC2CCCCC2N(C)S(=O)(=O)c2ccc(Cl)c(Cl)c2)CC1. The molecule has 4 rings (SSSR count). The van der Waals surface area contributed by atoms with Gasteiger partial charge in [0.2, 0.25) is 15.9 Å². The topological polar surface area (TPSA) is 79.0 Å². The fraction of sp³-hybridized carbons (Fsp3) is 0.594. The molecule has 2 saturated carbocycles. The lowest BCUT2D eigenvalue weighted by Gasteiger charge is -2.37. The van der Waals surface area contributed by atoms with Crippen LogP contribution in [0.3, 0.4) is 0 Å². The Morgan fingerprint density at radius 2 is 1.60 bits per heavy atom. The van der Waals surface area contributed by atoms with E-state index in [9.17, 15) is 13.2 Å². The van der Waals surface area contributed by atoms with Crippen molar-refractivity contribution >= 4 is 50.7 Å². The Hall–Kier alpha value is -1.39. The van der Waals surface area contributed by atoms with Gasteiger partial charge < -0.3 is 15.0 Å². The third-order valence-corrected chi connectivity index (χ3v) is 12.0. The molecule has 0 aliphatic heterocycles. The van der Waals surface area contributed by atoms with Crippen LogP contribution in [0, 0.1) is 11.8 Å². The van der Waals surface area contributed by atoms with Crippen molar-refractivity contribution in [3.05, 3.63) is 63.1 Å². The Kier molecular flexibility index (Phi) is 12.6. The van der Waals surface area contributed by atoms with Crippen LogP contribution in [0.4, 0.5) is 0 Å². The van der Waals surface area contributed by atoms with E-state index in [-0.39, 0.29) is 34.6 Å². The minimum atomic E-state index is -3.81.